The number of nitrogens with one attached hydrogen (secondary N) is 1. The Bertz CT molecular complexity index is 1240. The molecule has 0 saturated heterocycles. The predicted octanol–water partition coefficient (Wildman–Crippen LogP) is 3.53. The number of nitrogens with zero attached hydrogens (tertiary/aromatic N) is 5. The van der Waals surface area contributed by atoms with Crippen LogP contribution >= 0.6 is 0 Å². The second-order valence-electron chi connectivity index (χ2n) is 7.46. The van der Waals surface area contributed by atoms with E-state index < -0.39 is 0 Å². The lowest BCUT2D eigenvalue weighted by Crippen LogP contribution is -2.22. The second kappa shape index (κ2) is 7.77. The summed E-state index contributed by atoms with van der Waals surface area (Å²) in [5.41, 5.74) is 5.01. The Morgan fingerprint density at radius 2 is 2.03 bits per heavy atom. The largest absolute Gasteiger partial charge is 0.365 e. The molecular weight excluding hydrogens is 396 g/mol. The minimum atomic E-state index is -0.150. The average molecular weight is 416 g/mol. The van der Waals surface area contributed by atoms with Gasteiger partial charge in [-0.05, 0) is 30.7 Å². The van der Waals surface area contributed by atoms with Crippen molar-refractivity contribution in [1.82, 2.24) is 25.1 Å². The summed E-state index contributed by atoms with van der Waals surface area (Å²) in [5, 5.41) is 15.4. The summed E-state index contributed by atoms with van der Waals surface area (Å²) < 4.78 is 13.3. The second-order valence-corrected chi connectivity index (χ2v) is 7.46. The van der Waals surface area contributed by atoms with Gasteiger partial charge in [-0.25, -0.2) is 4.68 Å². The van der Waals surface area contributed by atoms with Crippen molar-refractivity contribution in [3.63, 3.8) is 0 Å². The van der Waals surface area contributed by atoms with Crippen molar-refractivity contribution in [2.24, 2.45) is 0 Å². The molecule has 0 saturated carbocycles. The average Bonchev–Trinajstić information content (AvgIpc) is 3.40. The lowest BCUT2D eigenvalue weighted by atomic mass is 10.1. The van der Waals surface area contributed by atoms with E-state index in [1.165, 1.54) is 12.5 Å². The monoisotopic (exact) mass is 416 g/mol. The number of carbonyl (C=O) groups is 1. The van der Waals surface area contributed by atoms with Crippen molar-refractivity contribution < 1.29 is 14.1 Å². The Kier molecular flexibility index (Phi) is 4.79. The van der Waals surface area contributed by atoms with Gasteiger partial charge in [-0.1, -0.05) is 46.3 Å². The molecule has 2 aromatic carbocycles. The number of fused-ring (bicyclic) bond motifs is 1. The highest BCUT2D eigenvalue weighted by Crippen LogP contribution is 2.31. The lowest BCUT2D eigenvalue weighted by molar-refractivity contribution is -0.114. The van der Waals surface area contributed by atoms with Gasteiger partial charge in [0.1, 0.15) is 6.10 Å². The van der Waals surface area contributed by atoms with Crippen LogP contribution in [0.25, 0.3) is 23.0 Å². The number of rotatable bonds is 4. The van der Waals surface area contributed by atoms with E-state index >= 15 is 0 Å². The van der Waals surface area contributed by atoms with E-state index in [1.54, 1.807) is 12.1 Å². The molecule has 2 aromatic heterocycles. The quantitative estimate of drug-likeness (QED) is 0.542. The number of hydrogen-bond acceptors (Lipinski definition) is 7. The Morgan fingerprint density at radius 1 is 1.19 bits per heavy atom. The molecular formula is C22H20N6O3. The Morgan fingerprint density at radius 3 is 2.84 bits per heavy atom. The van der Waals surface area contributed by atoms with Crippen molar-refractivity contribution in [2.45, 2.75) is 33.1 Å². The first-order valence-electron chi connectivity index (χ1n) is 9.89. The molecule has 1 amide bonds. The smallest absolute Gasteiger partial charge is 0.258 e. The van der Waals surface area contributed by atoms with Gasteiger partial charge >= 0.3 is 0 Å². The fraction of sp³-hybridized carbons (Fsp3) is 0.227. The molecule has 3 heterocycles. The zero-order chi connectivity index (χ0) is 21.4. The van der Waals surface area contributed by atoms with Gasteiger partial charge in [0.25, 0.3) is 5.89 Å². The number of carbonyl (C=O) groups excluding carboxylic acids is 1. The van der Waals surface area contributed by atoms with Crippen LogP contribution in [0.15, 0.2) is 53.1 Å². The fourth-order valence-corrected chi connectivity index (χ4v) is 3.54. The molecule has 5 rings (SSSR count). The molecule has 1 unspecified atom stereocenters. The first-order chi connectivity index (χ1) is 15.1. The molecule has 1 N–H and O–H groups in total. The van der Waals surface area contributed by atoms with Gasteiger partial charge in [-0.3, -0.25) is 4.79 Å². The van der Waals surface area contributed by atoms with Crippen LogP contribution in [0.3, 0.4) is 0 Å². The van der Waals surface area contributed by atoms with Crippen LogP contribution in [0.1, 0.15) is 29.8 Å². The van der Waals surface area contributed by atoms with Crippen molar-refractivity contribution in [2.75, 3.05) is 5.32 Å². The summed E-state index contributed by atoms with van der Waals surface area (Å²) >= 11 is 0. The van der Waals surface area contributed by atoms with E-state index in [0.29, 0.717) is 41.8 Å². The van der Waals surface area contributed by atoms with Crippen molar-refractivity contribution in [1.29, 1.82) is 0 Å². The SMILES string of the molecule is CC(=O)Nc1cccc(-c2nc(-c3nnn4c3COC(c3ccc(C)cc3)C4)no2)c1. The topological polar surface area (TPSA) is 108 Å². The summed E-state index contributed by atoms with van der Waals surface area (Å²) in [6.07, 6.45) is -0.0833. The molecule has 31 heavy (non-hydrogen) atoms. The van der Waals surface area contributed by atoms with E-state index in [1.807, 2.05) is 16.8 Å². The van der Waals surface area contributed by atoms with Crippen molar-refractivity contribution in [3.05, 3.63) is 65.4 Å². The molecule has 156 valence electrons. The summed E-state index contributed by atoms with van der Waals surface area (Å²) in [6.45, 7) is 4.43. The Hall–Kier alpha value is -3.85. The Balaban J connectivity index is 1.38. The number of benzene rings is 2. The van der Waals surface area contributed by atoms with E-state index in [9.17, 15) is 4.79 Å². The molecule has 0 bridgehead atoms. The van der Waals surface area contributed by atoms with Gasteiger partial charge in [0.2, 0.25) is 11.7 Å². The van der Waals surface area contributed by atoms with E-state index in [0.717, 1.165) is 11.3 Å². The van der Waals surface area contributed by atoms with E-state index in [4.69, 9.17) is 9.26 Å². The molecule has 9 nitrogen and oxygen atoms in total. The normalized spacial score (nSPS) is 15.5. The van der Waals surface area contributed by atoms with Crippen LogP contribution in [0.5, 0.6) is 0 Å². The standard InChI is InChI=1S/C22H20N6O3/c1-13-6-8-15(9-7-13)19-11-28-18(12-30-19)20(25-27-28)21-24-22(31-26-21)16-4-3-5-17(10-16)23-14(2)29/h3-10,19H,11-12H2,1-2H3,(H,23,29). The zero-order valence-corrected chi connectivity index (χ0v) is 17.1. The van der Waals surface area contributed by atoms with Gasteiger partial charge in [-0.15, -0.1) is 5.10 Å². The summed E-state index contributed by atoms with van der Waals surface area (Å²) in [6, 6.07) is 15.5. The number of aryl methyl sites for hydroxylation is 1. The number of amides is 1. The minimum absolute atomic E-state index is 0.0833. The van der Waals surface area contributed by atoms with Crippen LogP contribution in [0.4, 0.5) is 5.69 Å². The van der Waals surface area contributed by atoms with Gasteiger partial charge < -0.3 is 14.6 Å². The van der Waals surface area contributed by atoms with Crippen LogP contribution in [-0.2, 0) is 22.7 Å². The van der Waals surface area contributed by atoms with Crippen LogP contribution in [-0.4, -0.2) is 31.0 Å². The van der Waals surface area contributed by atoms with Crippen molar-refractivity contribution >= 4 is 11.6 Å². The first-order valence-corrected chi connectivity index (χ1v) is 9.89. The number of ether oxygens (including phenoxy) is 1. The maximum Gasteiger partial charge on any atom is 0.258 e. The molecule has 1 atom stereocenters. The summed E-state index contributed by atoms with van der Waals surface area (Å²) in [7, 11) is 0. The third-order valence-electron chi connectivity index (χ3n) is 5.11. The molecule has 1 aliphatic rings. The Labute approximate surface area is 178 Å². The number of hydrogen-bond donors (Lipinski definition) is 1. The van der Waals surface area contributed by atoms with Gasteiger partial charge in [-0.2, -0.15) is 4.98 Å². The van der Waals surface area contributed by atoms with Crippen LogP contribution in [0.2, 0.25) is 0 Å². The molecule has 0 fully saturated rings. The number of anilines is 1. The molecule has 1 aliphatic heterocycles. The highest BCUT2D eigenvalue weighted by molar-refractivity contribution is 5.89. The number of aromatic nitrogens is 5. The van der Waals surface area contributed by atoms with E-state index in [-0.39, 0.29) is 12.0 Å². The van der Waals surface area contributed by atoms with Gasteiger partial charge in [0.05, 0.1) is 18.8 Å². The van der Waals surface area contributed by atoms with Crippen LogP contribution in [0, 0.1) is 6.92 Å². The maximum atomic E-state index is 11.3. The lowest BCUT2D eigenvalue weighted by Gasteiger charge is -2.24. The molecule has 9 heteroatoms. The first kappa shape index (κ1) is 19.1. The van der Waals surface area contributed by atoms with Crippen molar-refractivity contribution in [3.8, 4) is 23.0 Å². The van der Waals surface area contributed by atoms with Gasteiger partial charge in [0.15, 0.2) is 5.69 Å². The summed E-state index contributed by atoms with van der Waals surface area (Å²) in [5.74, 6) is 0.528. The highest BCUT2D eigenvalue weighted by atomic mass is 16.5. The highest BCUT2D eigenvalue weighted by Gasteiger charge is 2.27. The summed E-state index contributed by atoms with van der Waals surface area (Å²) in [4.78, 5) is 15.8. The fourth-order valence-electron chi connectivity index (χ4n) is 3.54. The third-order valence-corrected chi connectivity index (χ3v) is 5.11. The van der Waals surface area contributed by atoms with Gasteiger partial charge in [0, 0.05) is 18.2 Å². The minimum Gasteiger partial charge on any atom is -0.365 e. The molecule has 0 spiro atoms. The third kappa shape index (κ3) is 3.82. The van der Waals surface area contributed by atoms with Crippen LogP contribution < -0.4 is 5.32 Å². The predicted molar refractivity (Wildman–Crippen MR) is 112 cm³/mol. The van der Waals surface area contributed by atoms with E-state index in [2.05, 4.69) is 57.0 Å². The maximum absolute atomic E-state index is 11.3. The zero-order valence-electron chi connectivity index (χ0n) is 17.1. The molecule has 0 aliphatic carbocycles. The molecule has 4 aromatic rings. The molecule has 0 radical (unpaired) electrons.